The Labute approximate surface area is 130 Å². The number of rotatable bonds is 6. The first kappa shape index (κ1) is 16.3. The maximum absolute atomic E-state index is 11.6. The lowest BCUT2D eigenvalue weighted by molar-refractivity contribution is -0.138. The molecule has 1 heterocycles. The van der Waals surface area contributed by atoms with Gasteiger partial charge in [0.15, 0.2) is 0 Å². The van der Waals surface area contributed by atoms with Crippen LogP contribution >= 0.6 is 0 Å². The first-order valence-corrected chi connectivity index (χ1v) is 7.57. The Kier molecular flexibility index (Phi) is 5.77. The Bertz CT molecular complexity index is 525. The molecule has 22 heavy (non-hydrogen) atoms. The van der Waals surface area contributed by atoms with Crippen molar-refractivity contribution in [3.05, 3.63) is 29.8 Å². The molecule has 1 saturated heterocycles. The van der Waals surface area contributed by atoms with Crippen LogP contribution in [0.15, 0.2) is 24.3 Å². The van der Waals surface area contributed by atoms with Gasteiger partial charge in [0.2, 0.25) is 5.91 Å². The number of aryl methyl sites for hydroxylation is 1. The van der Waals surface area contributed by atoms with E-state index in [0.717, 1.165) is 31.6 Å². The SMILES string of the molecule is Cc1cccc(NC2CCN(CC(=O)NCC(=O)O)CC2)c1. The summed E-state index contributed by atoms with van der Waals surface area (Å²) < 4.78 is 0. The van der Waals surface area contributed by atoms with E-state index in [-0.39, 0.29) is 19.0 Å². The highest BCUT2D eigenvalue weighted by Crippen LogP contribution is 2.17. The summed E-state index contributed by atoms with van der Waals surface area (Å²) in [6, 6.07) is 8.73. The summed E-state index contributed by atoms with van der Waals surface area (Å²) in [7, 11) is 0. The molecule has 1 aromatic rings. The zero-order chi connectivity index (χ0) is 15.9. The Morgan fingerprint density at radius 2 is 2.05 bits per heavy atom. The van der Waals surface area contributed by atoms with E-state index in [0.29, 0.717) is 6.04 Å². The second-order valence-electron chi connectivity index (χ2n) is 5.73. The molecule has 0 radical (unpaired) electrons. The predicted octanol–water partition coefficient (Wildman–Crippen LogP) is 1.07. The maximum Gasteiger partial charge on any atom is 0.322 e. The zero-order valence-corrected chi connectivity index (χ0v) is 12.8. The number of likely N-dealkylation sites (tertiary alicyclic amines) is 1. The Morgan fingerprint density at radius 1 is 1.32 bits per heavy atom. The molecule has 1 aliphatic rings. The standard InChI is InChI=1S/C16H23N3O3/c1-12-3-2-4-14(9-12)18-13-5-7-19(8-6-13)11-15(20)17-10-16(21)22/h2-4,9,13,18H,5-8,10-11H2,1H3,(H,17,20)(H,21,22). The zero-order valence-electron chi connectivity index (χ0n) is 12.8. The highest BCUT2D eigenvalue weighted by Gasteiger charge is 2.20. The Morgan fingerprint density at radius 3 is 2.68 bits per heavy atom. The van der Waals surface area contributed by atoms with Crippen LogP contribution in [0.3, 0.4) is 0 Å². The lowest BCUT2D eigenvalue weighted by atomic mass is 10.0. The first-order chi connectivity index (χ1) is 10.5. The van der Waals surface area contributed by atoms with Crippen LogP contribution in [0.25, 0.3) is 0 Å². The van der Waals surface area contributed by atoms with Crippen molar-refractivity contribution in [1.29, 1.82) is 0 Å². The second kappa shape index (κ2) is 7.79. The van der Waals surface area contributed by atoms with Gasteiger partial charge in [0.1, 0.15) is 6.54 Å². The molecule has 1 amide bonds. The normalized spacial score (nSPS) is 16.2. The van der Waals surface area contributed by atoms with E-state index < -0.39 is 5.97 Å². The third-order valence-electron chi connectivity index (χ3n) is 3.78. The molecule has 0 aliphatic carbocycles. The van der Waals surface area contributed by atoms with E-state index in [4.69, 9.17) is 5.11 Å². The number of carboxylic acid groups (broad SMARTS) is 1. The van der Waals surface area contributed by atoms with Gasteiger partial charge in [0.05, 0.1) is 6.54 Å². The number of carbonyl (C=O) groups excluding carboxylic acids is 1. The number of piperidine rings is 1. The number of aliphatic carboxylic acids is 1. The van der Waals surface area contributed by atoms with Crippen LogP contribution in [0.2, 0.25) is 0 Å². The van der Waals surface area contributed by atoms with Gasteiger partial charge in [-0.25, -0.2) is 0 Å². The fourth-order valence-corrected chi connectivity index (χ4v) is 2.64. The van der Waals surface area contributed by atoms with Crippen LogP contribution < -0.4 is 10.6 Å². The second-order valence-corrected chi connectivity index (χ2v) is 5.73. The molecule has 0 unspecified atom stereocenters. The van der Waals surface area contributed by atoms with Crippen molar-refractivity contribution in [3.8, 4) is 0 Å². The molecular formula is C16H23N3O3. The van der Waals surface area contributed by atoms with Crippen molar-refractivity contribution in [2.45, 2.75) is 25.8 Å². The minimum absolute atomic E-state index is 0.229. The lowest BCUT2D eigenvalue weighted by Gasteiger charge is -2.32. The van der Waals surface area contributed by atoms with Crippen molar-refractivity contribution in [1.82, 2.24) is 10.2 Å². The van der Waals surface area contributed by atoms with Gasteiger partial charge in [-0.3, -0.25) is 14.5 Å². The average molecular weight is 305 g/mol. The number of anilines is 1. The molecule has 2 rings (SSSR count). The third kappa shape index (κ3) is 5.37. The van der Waals surface area contributed by atoms with Crippen LogP contribution in [0, 0.1) is 6.92 Å². The van der Waals surface area contributed by atoms with E-state index >= 15 is 0 Å². The van der Waals surface area contributed by atoms with Gasteiger partial charge in [-0.15, -0.1) is 0 Å². The van der Waals surface area contributed by atoms with Gasteiger partial charge in [-0.05, 0) is 37.5 Å². The minimum atomic E-state index is -1.02. The summed E-state index contributed by atoms with van der Waals surface area (Å²) in [5.41, 5.74) is 2.37. The first-order valence-electron chi connectivity index (χ1n) is 7.57. The smallest absolute Gasteiger partial charge is 0.322 e. The van der Waals surface area contributed by atoms with Crippen molar-refractivity contribution < 1.29 is 14.7 Å². The number of nitrogens with one attached hydrogen (secondary N) is 2. The molecule has 0 spiro atoms. The highest BCUT2D eigenvalue weighted by molar-refractivity contribution is 5.82. The summed E-state index contributed by atoms with van der Waals surface area (Å²) >= 11 is 0. The fraction of sp³-hybridized carbons (Fsp3) is 0.500. The lowest BCUT2D eigenvalue weighted by Crippen LogP contribution is -2.45. The van der Waals surface area contributed by atoms with E-state index in [1.165, 1.54) is 5.56 Å². The molecule has 1 fully saturated rings. The Hall–Kier alpha value is -2.08. The molecule has 6 heteroatoms. The van der Waals surface area contributed by atoms with Crippen LogP contribution in [0.5, 0.6) is 0 Å². The van der Waals surface area contributed by atoms with Gasteiger partial charge < -0.3 is 15.7 Å². The van der Waals surface area contributed by atoms with Gasteiger partial charge in [0, 0.05) is 24.8 Å². The molecular weight excluding hydrogens is 282 g/mol. The summed E-state index contributed by atoms with van der Waals surface area (Å²) in [6.45, 7) is 3.70. The average Bonchev–Trinajstić information content (AvgIpc) is 2.47. The van der Waals surface area contributed by atoms with Crippen LogP contribution in [-0.4, -0.2) is 54.1 Å². The van der Waals surface area contributed by atoms with E-state index in [1.54, 1.807) is 0 Å². The predicted molar refractivity (Wildman–Crippen MR) is 84.9 cm³/mol. The Balaban J connectivity index is 1.71. The van der Waals surface area contributed by atoms with Crippen molar-refractivity contribution in [3.63, 3.8) is 0 Å². The number of hydrogen-bond acceptors (Lipinski definition) is 4. The largest absolute Gasteiger partial charge is 0.480 e. The van der Waals surface area contributed by atoms with E-state index in [9.17, 15) is 9.59 Å². The topological polar surface area (TPSA) is 81.7 Å². The van der Waals surface area contributed by atoms with Crippen molar-refractivity contribution >= 4 is 17.6 Å². The number of benzene rings is 1. The molecule has 3 N–H and O–H groups in total. The fourth-order valence-electron chi connectivity index (χ4n) is 2.64. The molecule has 6 nitrogen and oxygen atoms in total. The number of carboxylic acids is 1. The molecule has 0 bridgehead atoms. The molecule has 0 aromatic heterocycles. The van der Waals surface area contributed by atoms with Crippen LogP contribution in [0.4, 0.5) is 5.69 Å². The number of amides is 1. The van der Waals surface area contributed by atoms with Crippen LogP contribution in [-0.2, 0) is 9.59 Å². The quantitative estimate of drug-likeness (QED) is 0.732. The number of hydrogen-bond donors (Lipinski definition) is 3. The van der Waals surface area contributed by atoms with E-state index in [1.807, 2.05) is 6.07 Å². The number of carbonyl (C=O) groups is 2. The van der Waals surface area contributed by atoms with Gasteiger partial charge >= 0.3 is 5.97 Å². The molecule has 120 valence electrons. The molecule has 1 aliphatic heterocycles. The van der Waals surface area contributed by atoms with Crippen molar-refractivity contribution in [2.24, 2.45) is 0 Å². The van der Waals surface area contributed by atoms with Gasteiger partial charge in [-0.1, -0.05) is 12.1 Å². The summed E-state index contributed by atoms with van der Waals surface area (Å²) in [5.74, 6) is -1.25. The monoisotopic (exact) mass is 305 g/mol. The van der Waals surface area contributed by atoms with Gasteiger partial charge in [0.25, 0.3) is 0 Å². The molecule has 0 atom stereocenters. The third-order valence-corrected chi connectivity index (χ3v) is 3.78. The number of nitrogens with zero attached hydrogens (tertiary/aromatic N) is 1. The van der Waals surface area contributed by atoms with Crippen LogP contribution in [0.1, 0.15) is 18.4 Å². The van der Waals surface area contributed by atoms with Crippen molar-refractivity contribution in [2.75, 3.05) is 31.5 Å². The summed E-state index contributed by atoms with van der Waals surface area (Å²) in [4.78, 5) is 24.1. The minimum Gasteiger partial charge on any atom is -0.480 e. The highest BCUT2D eigenvalue weighted by atomic mass is 16.4. The van der Waals surface area contributed by atoms with E-state index in [2.05, 4.69) is 40.7 Å². The molecule has 0 saturated carbocycles. The maximum atomic E-state index is 11.6. The summed E-state index contributed by atoms with van der Waals surface area (Å²) in [6.07, 6.45) is 1.94. The van der Waals surface area contributed by atoms with Gasteiger partial charge in [-0.2, -0.15) is 0 Å². The molecule has 1 aromatic carbocycles. The summed E-state index contributed by atoms with van der Waals surface area (Å²) in [5, 5.41) is 14.4.